The summed E-state index contributed by atoms with van der Waals surface area (Å²) in [6.45, 7) is 14.7. The summed E-state index contributed by atoms with van der Waals surface area (Å²) < 4.78 is 5.31. The van der Waals surface area contributed by atoms with E-state index in [2.05, 4.69) is 94.3 Å². The van der Waals surface area contributed by atoms with Crippen LogP contribution >= 0.6 is 0 Å². The number of carbonyl (C=O) groups is 3. The van der Waals surface area contributed by atoms with E-state index in [1.807, 2.05) is 65.1 Å². The van der Waals surface area contributed by atoms with Gasteiger partial charge >= 0.3 is 0 Å². The van der Waals surface area contributed by atoms with Gasteiger partial charge in [0.15, 0.2) is 5.65 Å². The van der Waals surface area contributed by atoms with Crippen LogP contribution in [0, 0.1) is 6.92 Å². The Kier molecular flexibility index (Phi) is 10.6. The Balaban J connectivity index is 0.865. The van der Waals surface area contributed by atoms with Crippen LogP contribution in [0.15, 0.2) is 83.5 Å². The van der Waals surface area contributed by atoms with Crippen LogP contribution in [-0.2, 0) is 21.4 Å². The van der Waals surface area contributed by atoms with E-state index in [0.717, 1.165) is 83.6 Å². The number of fused-ring (bicyclic) bond motifs is 1. The molecule has 2 fully saturated rings. The van der Waals surface area contributed by atoms with Crippen molar-refractivity contribution in [2.45, 2.75) is 71.3 Å². The third kappa shape index (κ3) is 8.26. The molecule has 58 heavy (non-hydrogen) atoms. The highest BCUT2D eigenvalue weighted by atomic mass is 16.5. The van der Waals surface area contributed by atoms with Gasteiger partial charge in [0.25, 0.3) is 11.7 Å². The van der Waals surface area contributed by atoms with Gasteiger partial charge in [0.05, 0.1) is 17.7 Å². The first-order valence-electron chi connectivity index (χ1n) is 20.0. The fourth-order valence-electron chi connectivity index (χ4n) is 7.86. The molecule has 2 atom stereocenters. The SMILES string of the molecule is Cc1cc(-c2[nH]nc3ncc(-c4ccc(N5CCN(CCc6ccc([C@H]7CCC(=O)NC7=O)cc6)CC5)cc4)cc23)ccc1C(C)NC(=O)c1noc(C(C)(C)C)n1. The number of H-pyrrole nitrogens is 1. The van der Waals surface area contributed by atoms with Crippen molar-refractivity contribution in [3.05, 3.63) is 113 Å². The molecule has 8 rings (SSSR count). The molecule has 2 saturated heterocycles. The summed E-state index contributed by atoms with van der Waals surface area (Å²) >= 11 is 0. The van der Waals surface area contributed by atoms with E-state index in [-0.39, 0.29) is 40.9 Å². The number of hydrogen-bond donors (Lipinski definition) is 3. The van der Waals surface area contributed by atoms with E-state index in [1.165, 1.54) is 11.3 Å². The van der Waals surface area contributed by atoms with E-state index in [1.54, 1.807) is 0 Å². The molecule has 0 spiro atoms. The molecule has 0 aliphatic carbocycles. The zero-order valence-corrected chi connectivity index (χ0v) is 33.6. The van der Waals surface area contributed by atoms with Gasteiger partial charge in [0, 0.05) is 73.0 Å². The Hall–Kier alpha value is -6.21. The Morgan fingerprint density at radius 1 is 0.948 bits per heavy atom. The van der Waals surface area contributed by atoms with E-state index in [9.17, 15) is 14.4 Å². The Bertz CT molecular complexity index is 2460. The smallest absolute Gasteiger partial charge is 0.293 e. The Morgan fingerprint density at radius 2 is 1.69 bits per heavy atom. The predicted molar refractivity (Wildman–Crippen MR) is 222 cm³/mol. The first-order chi connectivity index (χ1) is 27.9. The largest absolute Gasteiger partial charge is 0.369 e. The third-order valence-electron chi connectivity index (χ3n) is 11.3. The van der Waals surface area contributed by atoms with Crippen LogP contribution in [0.25, 0.3) is 33.4 Å². The quantitative estimate of drug-likeness (QED) is 0.128. The summed E-state index contributed by atoms with van der Waals surface area (Å²) in [7, 11) is 0. The zero-order valence-electron chi connectivity index (χ0n) is 33.6. The number of aryl methyl sites for hydroxylation is 1. The van der Waals surface area contributed by atoms with E-state index < -0.39 is 0 Å². The van der Waals surface area contributed by atoms with E-state index >= 15 is 0 Å². The summed E-state index contributed by atoms with van der Waals surface area (Å²) in [5.74, 6) is -0.565. The number of nitrogens with one attached hydrogen (secondary N) is 3. The first-order valence-corrected chi connectivity index (χ1v) is 20.0. The minimum absolute atomic E-state index is 0.0217. The van der Waals surface area contributed by atoms with Crippen molar-refractivity contribution in [2.24, 2.45) is 0 Å². The summed E-state index contributed by atoms with van der Waals surface area (Å²) in [6, 6.07) is 25.0. The normalized spacial score (nSPS) is 17.1. The first kappa shape index (κ1) is 38.7. The highest BCUT2D eigenvalue weighted by molar-refractivity contribution is 6.01. The molecule has 1 unspecified atom stereocenters. The number of piperazine rings is 1. The lowest BCUT2D eigenvalue weighted by Gasteiger charge is -2.36. The van der Waals surface area contributed by atoms with Gasteiger partial charge in [-0.2, -0.15) is 10.1 Å². The van der Waals surface area contributed by atoms with Crippen LogP contribution in [0.3, 0.4) is 0 Å². The molecule has 0 bridgehead atoms. The Labute approximate surface area is 337 Å². The van der Waals surface area contributed by atoms with Gasteiger partial charge < -0.3 is 14.7 Å². The molecule has 298 valence electrons. The molecule has 2 aliphatic rings. The third-order valence-corrected chi connectivity index (χ3v) is 11.3. The number of hydrogen-bond acceptors (Lipinski definition) is 10. The van der Waals surface area contributed by atoms with Crippen molar-refractivity contribution < 1.29 is 18.9 Å². The molecular formula is C45H49N9O4. The molecule has 3 aromatic carbocycles. The number of pyridine rings is 1. The van der Waals surface area contributed by atoms with Gasteiger partial charge in [-0.3, -0.25) is 29.7 Å². The molecule has 3 amide bonds. The van der Waals surface area contributed by atoms with Gasteiger partial charge in [-0.05, 0) is 78.8 Å². The lowest BCUT2D eigenvalue weighted by Crippen LogP contribution is -2.47. The van der Waals surface area contributed by atoms with Crippen molar-refractivity contribution in [1.82, 2.24) is 40.9 Å². The second-order valence-corrected chi connectivity index (χ2v) is 16.5. The van der Waals surface area contributed by atoms with Gasteiger partial charge in [-0.1, -0.05) is 74.5 Å². The van der Waals surface area contributed by atoms with Gasteiger partial charge in [0.2, 0.25) is 17.7 Å². The molecule has 6 aromatic rings. The average Bonchev–Trinajstić information content (AvgIpc) is 3.89. The number of nitrogens with zero attached hydrogens (tertiary/aromatic N) is 6. The van der Waals surface area contributed by atoms with Gasteiger partial charge in [-0.15, -0.1) is 0 Å². The molecule has 2 aliphatic heterocycles. The molecule has 13 nitrogen and oxygen atoms in total. The lowest BCUT2D eigenvalue weighted by atomic mass is 9.90. The topological polar surface area (TPSA) is 162 Å². The highest BCUT2D eigenvalue weighted by Gasteiger charge is 2.28. The molecule has 13 heteroatoms. The fraction of sp³-hybridized carbons (Fsp3) is 0.356. The molecule has 0 radical (unpaired) electrons. The zero-order chi connectivity index (χ0) is 40.6. The second kappa shape index (κ2) is 16.0. The average molecular weight is 780 g/mol. The number of rotatable bonds is 10. The van der Waals surface area contributed by atoms with Crippen molar-refractivity contribution in [2.75, 3.05) is 37.6 Å². The van der Waals surface area contributed by atoms with Crippen LogP contribution in [-0.4, -0.2) is 80.7 Å². The fourth-order valence-corrected chi connectivity index (χ4v) is 7.86. The summed E-state index contributed by atoms with van der Waals surface area (Å²) in [5.41, 5.74) is 9.70. The van der Waals surface area contributed by atoms with Crippen LogP contribution in [0.5, 0.6) is 0 Å². The van der Waals surface area contributed by atoms with Crippen LogP contribution in [0.4, 0.5) is 5.69 Å². The number of amides is 3. The maximum atomic E-state index is 12.9. The number of anilines is 1. The monoisotopic (exact) mass is 779 g/mol. The second-order valence-electron chi connectivity index (χ2n) is 16.5. The Morgan fingerprint density at radius 3 is 2.38 bits per heavy atom. The molecule has 5 heterocycles. The van der Waals surface area contributed by atoms with Crippen molar-refractivity contribution in [3.8, 4) is 22.4 Å². The van der Waals surface area contributed by atoms with E-state index in [0.29, 0.717) is 24.4 Å². The highest BCUT2D eigenvalue weighted by Crippen LogP contribution is 2.33. The summed E-state index contributed by atoms with van der Waals surface area (Å²) in [4.78, 5) is 50.6. The molecule has 3 aromatic heterocycles. The molecule has 0 saturated carbocycles. The van der Waals surface area contributed by atoms with Crippen LogP contribution < -0.4 is 15.5 Å². The maximum Gasteiger partial charge on any atom is 0.293 e. The standard InChI is InChI=1S/C45H49N9O4/c1-27-24-32(12-15-35(27)28(2)47-43(57)41-49-44(58-52-41)45(3,4)5)39-37-25-33(26-46-40(37)51-50-39)30-10-13-34(14-11-30)54-22-20-53(21-23-54)19-18-29-6-8-31(9-7-29)36-16-17-38(55)48-42(36)56/h6-15,24-26,28,36H,16-23H2,1-5H3,(H,47,57)(H,46,50,51)(H,48,55,56)/t28?,36-/m1/s1. The number of carbonyl (C=O) groups excluding carboxylic acids is 3. The number of benzene rings is 3. The summed E-state index contributed by atoms with van der Waals surface area (Å²) in [6.07, 6.45) is 3.79. The van der Waals surface area contributed by atoms with Gasteiger partial charge in [-0.25, -0.2) is 4.98 Å². The van der Waals surface area contributed by atoms with Crippen molar-refractivity contribution >= 4 is 34.4 Å². The predicted octanol–water partition coefficient (Wildman–Crippen LogP) is 6.66. The van der Waals surface area contributed by atoms with Gasteiger partial charge in [0.1, 0.15) is 0 Å². The number of imide groups is 1. The number of piperidine rings is 1. The van der Waals surface area contributed by atoms with Crippen molar-refractivity contribution in [3.63, 3.8) is 0 Å². The van der Waals surface area contributed by atoms with Crippen LogP contribution in [0.2, 0.25) is 0 Å². The lowest BCUT2D eigenvalue weighted by molar-refractivity contribution is -0.134. The minimum Gasteiger partial charge on any atom is -0.369 e. The summed E-state index contributed by atoms with van der Waals surface area (Å²) in [5, 5.41) is 18.0. The number of aromatic amines is 1. The number of aromatic nitrogens is 5. The molecular weight excluding hydrogens is 731 g/mol. The molecule has 3 N–H and O–H groups in total. The maximum absolute atomic E-state index is 12.9. The van der Waals surface area contributed by atoms with Crippen molar-refractivity contribution in [1.29, 1.82) is 0 Å². The van der Waals surface area contributed by atoms with E-state index in [4.69, 9.17) is 4.52 Å². The minimum atomic E-state index is -0.384. The van der Waals surface area contributed by atoms with Crippen LogP contribution in [0.1, 0.15) is 91.3 Å².